The Bertz CT molecular complexity index is 430. The molecule has 0 aliphatic heterocycles. The summed E-state index contributed by atoms with van der Waals surface area (Å²) in [6.07, 6.45) is 6.20. The molecule has 2 rings (SSSR count). The monoisotopic (exact) mass is 346 g/mol. The number of aliphatic hydroxyl groups excluding tert-OH is 1. The summed E-state index contributed by atoms with van der Waals surface area (Å²) in [6.45, 7) is 1.18. The van der Waals surface area contributed by atoms with E-state index in [1.54, 1.807) is 25.1 Å². The highest BCUT2D eigenvalue weighted by molar-refractivity contribution is 9.10. The number of hydrogen-bond donors (Lipinski definition) is 1. The van der Waals surface area contributed by atoms with Crippen molar-refractivity contribution < 1.29 is 14.6 Å². The number of nitrogens with zero attached hydrogens (tertiary/aromatic N) is 2. The summed E-state index contributed by atoms with van der Waals surface area (Å²) in [4.78, 5) is 0. The fourth-order valence-electron chi connectivity index (χ4n) is 2.99. The van der Waals surface area contributed by atoms with Gasteiger partial charge in [-0.2, -0.15) is 5.10 Å². The van der Waals surface area contributed by atoms with Crippen LogP contribution in [0.1, 0.15) is 43.9 Å². The fraction of sp³-hybridized carbons (Fsp3) is 0.786. The second-order valence-electron chi connectivity index (χ2n) is 5.33. The average molecular weight is 347 g/mol. The van der Waals surface area contributed by atoms with E-state index in [2.05, 4.69) is 21.0 Å². The maximum atomic E-state index is 10.9. The summed E-state index contributed by atoms with van der Waals surface area (Å²) < 4.78 is 13.5. The standard InChI is InChI=1S/C14H23BrN2O3/c1-19-9-8-17-12(11(15)10-16-17)13(18)14(20-2)6-4-3-5-7-14/h10,13,18H,3-9H2,1-2H3. The molecule has 1 aliphatic rings. The van der Waals surface area contributed by atoms with Crippen LogP contribution >= 0.6 is 15.9 Å². The van der Waals surface area contributed by atoms with Gasteiger partial charge in [0.15, 0.2) is 0 Å². The zero-order valence-corrected chi connectivity index (χ0v) is 13.7. The van der Waals surface area contributed by atoms with Gasteiger partial charge >= 0.3 is 0 Å². The normalized spacial score (nSPS) is 20.0. The zero-order chi connectivity index (χ0) is 14.6. The van der Waals surface area contributed by atoms with E-state index in [0.717, 1.165) is 35.8 Å². The summed E-state index contributed by atoms with van der Waals surface area (Å²) in [6, 6.07) is 0. The van der Waals surface area contributed by atoms with Gasteiger partial charge in [0, 0.05) is 14.2 Å². The van der Waals surface area contributed by atoms with Gasteiger partial charge in [-0.15, -0.1) is 0 Å². The molecule has 20 heavy (non-hydrogen) atoms. The Kier molecular flexibility index (Phi) is 5.60. The molecule has 0 spiro atoms. The Morgan fingerprint density at radius 1 is 1.40 bits per heavy atom. The molecule has 0 bridgehead atoms. The second kappa shape index (κ2) is 7.02. The lowest BCUT2D eigenvalue weighted by atomic mass is 9.79. The molecule has 0 amide bonds. The highest BCUT2D eigenvalue weighted by Gasteiger charge is 2.42. The minimum absolute atomic E-state index is 0.494. The van der Waals surface area contributed by atoms with E-state index in [0.29, 0.717) is 13.2 Å². The lowest BCUT2D eigenvalue weighted by Gasteiger charge is -2.40. The molecule has 1 unspecified atom stereocenters. The molecule has 1 aromatic rings. The Labute approximate surface area is 128 Å². The van der Waals surface area contributed by atoms with Crippen LogP contribution in [-0.2, 0) is 16.0 Å². The van der Waals surface area contributed by atoms with Gasteiger partial charge in [-0.25, -0.2) is 0 Å². The SMILES string of the molecule is COCCn1ncc(Br)c1C(O)C1(OC)CCCCC1. The number of aliphatic hydroxyl groups is 1. The van der Waals surface area contributed by atoms with E-state index in [1.165, 1.54) is 6.42 Å². The average Bonchev–Trinajstić information content (AvgIpc) is 2.85. The number of hydrogen-bond acceptors (Lipinski definition) is 4. The van der Waals surface area contributed by atoms with Crippen molar-refractivity contribution in [3.8, 4) is 0 Å². The fourth-order valence-corrected chi connectivity index (χ4v) is 3.50. The number of rotatable bonds is 6. The quantitative estimate of drug-likeness (QED) is 0.860. The van der Waals surface area contributed by atoms with Gasteiger partial charge in [0.2, 0.25) is 0 Å². The molecule has 1 fully saturated rings. The van der Waals surface area contributed by atoms with Crippen LogP contribution < -0.4 is 0 Å². The van der Waals surface area contributed by atoms with E-state index < -0.39 is 11.7 Å². The van der Waals surface area contributed by atoms with Crippen molar-refractivity contribution in [2.45, 2.75) is 50.4 Å². The van der Waals surface area contributed by atoms with E-state index in [9.17, 15) is 5.11 Å². The van der Waals surface area contributed by atoms with E-state index in [-0.39, 0.29) is 0 Å². The largest absolute Gasteiger partial charge is 0.384 e. The van der Waals surface area contributed by atoms with Crippen LogP contribution in [-0.4, -0.2) is 41.3 Å². The minimum atomic E-state index is -0.679. The second-order valence-corrected chi connectivity index (χ2v) is 6.18. The van der Waals surface area contributed by atoms with Crippen molar-refractivity contribution in [1.29, 1.82) is 0 Å². The lowest BCUT2D eigenvalue weighted by molar-refractivity contribution is -0.128. The molecule has 1 heterocycles. The lowest BCUT2D eigenvalue weighted by Crippen LogP contribution is -2.41. The van der Waals surface area contributed by atoms with Crippen molar-refractivity contribution >= 4 is 15.9 Å². The van der Waals surface area contributed by atoms with Gasteiger partial charge in [0.25, 0.3) is 0 Å². The predicted octanol–water partition coefficient (Wildman–Crippen LogP) is 2.67. The number of ether oxygens (including phenoxy) is 2. The van der Waals surface area contributed by atoms with Gasteiger partial charge in [0.1, 0.15) is 6.10 Å². The van der Waals surface area contributed by atoms with E-state index >= 15 is 0 Å². The Morgan fingerprint density at radius 3 is 2.70 bits per heavy atom. The molecular formula is C14H23BrN2O3. The summed E-state index contributed by atoms with van der Waals surface area (Å²) in [5, 5.41) is 15.2. The maximum Gasteiger partial charge on any atom is 0.126 e. The Hall–Kier alpha value is -0.430. The van der Waals surface area contributed by atoms with Crippen LogP contribution in [0.4, 0.5) is 0 Å². The summed E-state index contributed by atoms with van der Waals surface area (Å²) in [7, 11) is 3.35. The molecule has 1 aromatic heterocycles. The topological polar surface area (TPSA) is 56.5 Å². The molecule has 1 atom stereocenters. The smallest absolute Gasteiger partial charge is 0.126 e. The van der Waals surface area contributed by atoms with Gasteiger partial charge in [0.05, 0.1) is 35.1 Å². The highest BCUT2D eigenvalue weighted by Crippen LogP contribution is 2.42. The van der Waals surface area contributed by atoms with E-state index in [4.69, 9.17) is 9.47 Å². The summed E-state index contributed by atoms with van der Waals surface area (Å²) >= 11 is 3.49. The van der Waals surface area contributed by atoms with Crippen LogP contribution in [0.3, 0.4) is 0 Å². The number of methoxy groups -OCH3 is 2. The zero-order valence-electron chi connectivity index (χ0n) is 12.1. The Balaban J connectivity index is 2.26. The van der Waals surface area contributed by atoms with Crippen molar-refractivity contribution in [2.75, 3.05) is 20.8 Å². The molecule has 0 saturated heterocycles. The first-order valence-corrected chi connectivity index (χ1v) is 7.87. The van der Waals surface area contributed by atoms with Crippen molar-refractivity contribution in [3.63, 3.8) is 0 Å². The predicted molar refractivity (Wildman–Crippen MR) is 79.6 cm³/mol. The minimum Gasteiger partial charge on any atom is -0.384 e. The molecule has 1 aliphatic carbocycles. The first-order chi connectivity index (χ1) is 9.64. The third-order valence-corrected chi connectivity index (χ3v) is 4.82. The van der Waals surface area contributed by atoms with E-state index in [1.807, 2.05) is 0 Å². The van der Waals surface area contributed by atoms with Crippen molar-refractivity contribution in [3.05, 3.63) is 16.4 Å². The Morgan fingerprint density at radius 2 is 2.10 bits per heavy atom. The molecular weight excluding hydrogens is 324 g/mol. The maximum absolute atomic E-state index is 10.9. The van der Waals surface area contributed by atoms with Gasteiger partial charge < -0.3 is 14.6 Å². The van der Waals surface area contributed by atoms with Crippen LogP contribution in [0, 0.1) is 0 Å². The van der Waals surface area contributed by atoms with Crippen molar-refractivity contribution in [2.24, 2.45) is 0 Å². The van der Waals surface area contributed by atoms with Gasteiger partial charge in [-0.1, -0.05) is 19.3 Å². The van der Waals surface area contributed by atoms with Crippen LogP contribution in [0.5, 0.6) is 0 Å². The highest BCUT2D eigenvalue weighted by atomic mass is 79.9. The number of halogens is 1. The van der Waals surface area contributed by atoms with Crippen LogP contribution in [0.2, 0.25) is 0 Å². The van der Waals surface area contributed by atoms with Crippen molar-refractivity contribution in [1.82, 2.24) is 9.78 Å². The molecule has 5 nitrogen and oxygen atoms in total. The first-order valence-electron chi connectivity index (χ1n) is 7.08. The third-order valence-electron chi connectivity index (χ3n) is 4.20. The van der Waals surface area contributed by atoms with Gasteiger partial charge in [-0.3, -0.25) is 4.68 Å². The summed E-state index contributed by atoms with van der Waals surface area (Å²) in [5.41, 5.74) is 0.289. The van der Waals surface area contributed by atoms with Crippen LogP contribution in [0.25, 0.3) is 0 Å². The molecule has 0 aromatic carbocycles. The molecule has 0 radical (unpaired) electrons. The number of aromatic nitrogens is 2. The molecule has 1 N–H and O–H groups in total. The van der Waals surface area contributed by atoms with Gasteiger partial charge in [-0.05, 0) is 28.8 Å². The van der Waals surface area contributed by atoms with Crippen LogP contribution in [0.15, 0.2) is 10.7 Å². The third kappa shape index (κ3) is 3.08. The summed E-state index contributed by atoms with van der Waals surface area (Å²) in [5.74, 6) is 0. The molecule has 1 saturated carbocycles. The molecule has 114 valence electrons. The first kappa shape index (κ1) is 15.9. The molecule has 6 heteroatoms.